The van der Waals surface area contributed by atoms with E-state index in [1.54, 1.807) is 0 Å². The number of hydrogen-bond donors (Lipinski definition) is 1. The molecule has 1 aromatic heterocycles. The summed E-state index contributed by atoms with van der Waals surface area (Å²) in [5.41, 5.74) is 6.78. The van der Waals surface area contributed by atoms with Crippen LogP contribution in [0.1, 0.15) is 23.7 Å². The first kappa shape index (κ1) is 14.3. The van der Waals surface area contributed by atoms with Crippen LogP contribution in [0.2, 0.25) is 0 Å². The van der Waals surface area contributed by atoms with Crippen molar-refractivity contribution in [2.75, 3.05) is 13.1 Å². The molecule has 3 aromatic rings. The van der Waals surface area contributed by atoms with Crippen LogP contribution in [0.3, 0.4) is 0 Å². The lowest BCUT2D eigenvalue weighted by Gasteiger charge is -2.23. The zero-order valence-corrected chi connectivity index (χ0v) is 13.5. The molecule has 2 heteroatoms. The summed E-state index contributed by atoms with van der Waals surface area (Å²) >= 11 is 0. The SMILES string of the molecule is C/C1=C/CN(Cc2ccccc2)CCc2c1[nH]c1ccccc21. The lowest BCUT2D eigenvalue weighted by Crippen LogP contribution is -2.27. The molecule has 4 rings (SSSR count). The van der Waals surface area contributed by atoms with Crippen LogP contribution in [-0.2, 0) is 13.0 Å². The molecule has 1 aliphatic rings. The van der Waals surface area contributed by atoms with E-state index >= 15 is 0 Å². The van der Waals surface area contributed by atoms with E-state index in [0.29, 0.717) is 0 Å². The molecule has 0 bridgehead atoms. The Hall–Kier alpha value is -2.32. The van der Waals surface area contributed by atoms with Crippen molar-refractivity contribution in [2.45, 2.75) is 19.9 Å². The van der Waals surface area contributed by atoms with E-state index in [2.05, 4.69) is 77.5 Å². The quantitative estimate of drug-likeness (QED) is 0.731. The van der Waals surface area contributed by atoms with Crippen molar-refractivity contribution >= 4 is 16.5 Å². The Morgan fingerprint density at radius 3 is 2.65 bits per heavy atom. The number of nitrogens with one attached hydrogen (secondary N) is 1. The molecular weight excluding hydrogens is 280 g/mol. The number of aromatic amines is 1. The van der Waals surface area contributed by atoms with Crippen LogP contribution in [0.15, 0.2) is 60.7 Å². The van der Waals surface area contributed by atoms with Crippen LogP contribution >= 0.6 is 0 Å². The third kappa shape index (κ3) is 2.82. The van der Waals surface area contributed by atoms with Crippen molar-refractivity contribution in [1.82, 2.24) is 9.88 Å². The Kier molecular flexibility index (Phi) is 3.76. The predicted molar refractivity (Wildman–Crippen MR) is 97.4 cm³/mol. The van der Waals surface area contributed by atoms with Crippen molar-refractivity contribution in [2.24, 2.45) is 0 Å². The van der Waals surface area contributed by atoms with Crippen molar-refractivity contribution in [3.63, 3.8) is 0 Å². The van der Waals surface area contributed by atoms with Gasteiger partial charge in [-0.2, -0.15) is 0 Å². The number of aromatic nitrogens is 1. The van der Waals surface area contributed by atoms with Crippen molar-refractivity contribution < 1.29 is 0 Å². The second-order valence-corrected chi connectivity index (χ2v) is 6.38. The maximum Gasteiger partial charge on any atom is 0.0461 e. The summed E-state index contributed by atoms with van der Waals surface area (Å²) in [4.78, 5) is 6.14. The highest BCUT2D eigenvalue weighted by Gasteiger charge is 2.16. The van der Waals surface area contributed by atoms with Gasteiger partial charge >= 0.3 is 0 Å². The molecule has 0 saturated carbocycles. The van der Waals surface area contributed by atoms with Crippen molar-refractivity contribution in [1.29, 1.82) is 0 Å². The van der Waals surface area contributed by atoms with Crippen LogP contribution in [-0.4, -0.2) is 23.0 Å². The first-order valence-corrected chi connectivity index (χ1v) is 8.34. The average molecular weight is 302 g/mol. The van der Waals surface area contributed by atoms with Gasteiger partial charge in [-0.15, -0.1) is 0 Å². The molecule has 0 saturated heterocycles. The third-order valence-electron chi connectivity index (χ3n) is 4.79. The average Bonchev–Trinajstić information content (AvgIpc) is 2.95. The summed E-state index contributed by atoms with van der Waals surface area (Å²) in [5, 5.41) is 1.37. The van der Waals surface area contributed by atoms with Gasteiger partial charge in [0.25, 0.3) is 0 Å². The highest BCUT2D eigenvalue weighted by molar-refractivity contribution is 5.89. The molecule has 2 aromatic carbocycles. The van der Waals surface area contributed by atoms with Gasteiger partial charge in [-0.05, 0) is 36.1 Å². The number of para-hydroxylation sites is 1. The van der Waals surface area contributed by atoms with Gasteiger partial charge in [-0.3, -0.25) is 4.90 Å². The predicted octanol–water partition coefficient (Wildman–Crippen LogP) is 4.63. The van der Waals surface area contributed by atoms with Gasteiger partial charge in [0.05, 0.1) is 0 Å². The van der Waals surface area contributed by atoms with E-state index in [1.807, 2.05) is 0 Å². The van der Waals surface area contributed by atoms with E-state index in [9.17, 15) is 0 Å². The Morgan fingerprint density at radius 1 is 1.00 bits per heavy atom. The Labute approximate surface area is 137 Å². The van der Waals surface area contributed by atoms with E-state index in [1.165, 1.54) is 33.3 Å². The van der Waals surface area contributed by atoms with Gasteiger partial charge in [-0.25, -0.2) is 0 Å². The van der Waals surface area contributed by atoms with Gasteiger partial charge in [0.15, 0.2) is 0 Å². The molecule has 0 atom stereocenters. The molecule has 1 N–H and O–H groups in total. The summed E-state index contributed by atoms with van der Waals surface area (Å²) in [7, 11) is 0. The molecule has 0 unspecified atom stereocenters. The summed E-state index contributed by atoms with van der Waals surface area (Å²) < 4.78 is 0. The largest absolute Gasteiger partial charge is 0.355 e. The normalized spacial score (nSPS) is 18.0. The van der Waals surface area contributed by atoms with Crippen LogP contribution in [0.5, 0.6) is 0 Å². The van der Waals surface area contributed by atoms with Gasteiger partial charge in [0.1, 0.15) is 0 Å². The Bertz CT molecular complexity index is 843. The van der Waals surface area contributed by atoms with Crippen LogP contribution in [0.25, 0.3) is 16.5 Å². The Balaban J connectivity index is 1.64. The number of rotatable bonds is 2. The molecule has 0 spiro atoms. The van der Waals surface area contributed by atoms with E-state index in [-0.39, 0.29) is 0 Å². The van der Waals surface area contributed by atoms with E-state index < -0.39 is 0 Å². The lowest BCUT2D eigenvalue weighted by molar-refractivity contribution is 0.297. The summed E-state index contributed by atoms with van der Waals surface area (Å²) in [6, 6.07) is 19.4. The first-order valence-electron chi connectivity index (χ1n) is 8.34. The van der Waals surface area contributed by atoms with Gasteiger partial charge in [0, 0.05) is 36.2 Å². The first-order chi connectivity index (χ1) is 11.3. The minimum Gasteiger partial charge on any atom is -0.355 e. The summed E-state index contributed by atoms with van der Waals surface area (Å²) in [6.45, 7) is 5.34. The maximum atomic E-state index is 3.61. The second kappa shape index (κ2) is 6.05. The van der Waals surface area contributed by atoms with Gasteiger partial charge < -0.3 is 4.98 Å². The zero-order chi connectivity index (χ0) is 15.6. The fourth-order valence-corrected chi connectivity index (χ4v) is 3.51. The summed E-state index contributed by atoms with van der Waals surface area (Å²) in [6.07, 6.45) is 3.45. The molecule has 0 fully saturated rings. The standard InChI is InChI=1S/C21H22N2/c1-16-11-13-23(15-17-7-3-2-4-8-17)14-12-19-18-9-5-6-10-20(18)22-21(16)19/h2-11,22H,12-15H2,1H3/b16-11-. The number of hydrogen-bond acceptors (Lipinski definition) is 1. The minimum atomic E-state index is 1.01. The van der Waals surface area contributed by atoms with Crippen LogP contribution in [0.4, 0.5) is 0 Å². The summed E-state index contributed by atoms with van der Waals surface area (Å²) in [5.74, 6) is 0. The van der Waals surface area contributed by atoms with Crippen LogP contribution in [0, 0.1) is 0 Å². The van der Waals surface area contributed by atoms with Gasteiger partial charge in [0.2, 0.25) is 0 Å². The molecule has 0 aliphatic carbocycles. The monoisotopic (exact) mass is 302 g/mol. The van der Waals surface area contributed by atoms with E-state index in [0.717, 1.165) is 26.1 Å². The third-order valence-corrected chi connectivity index (χ3v) is 4.79. The molecule has 0 amide bonds. The molecule has 23 heavy (non-hydrogen) atoms. The Morgan fingerprint density at radius 2 is 1.78 bits per heavy atom. The highest BCUT2D eigenvalue weighted by Crippen LogP contribution is 2.29. The molecule has 2 heterocycles. The zero-order valence-electron chi connectivity index (χ0n) is 13.5. The molecule has 116 valence electrons. The number of H-pyrrole nitrogens is 1. The lowest BCUT2D eigenvalue weighted by atomic mass is 10.0. The smallest absolute Gasteiger partial charge is 0.0461 e. The molecule has 0 radical (unpaired) electrons. The molecule has 2 nitrogen and oxygen atoms in total. The van der Waals surface area contributed by atoms with Crippen LogP contribution < -0.4 is 0 Å². The number of benzene rings is 2. The molecule has 1 aliphatic heterocycles. The molecular formula is C21H22N2. The number of fused-ring (bicyclic) bond motifs is 3. The highest BCUT2D eigenvalue weighted by atomic mass is 15.1. The van der Waals surface area contributed by atoms with Crippen molar-refractivity contribution in [3.8, 4) is 0 Å². The second-order valence-electron chi connectivity index (χ2n) is 6.38. The fraction of sp³-hybridized carbons (Fsp3) is 0.238. The fourth-order valence-electron chi connectivity index (χ4n) is 3.51. The minimum absolute atomic E-state index is 1.01. The van der Waals surface area contributed by atoms with Gasteiger partial charge in [-0.1, -0.05) is 54.6 Å². The number of nitrogens with zero attached hydrogens (tertiary/aromatic N) is 1. The topological polar surface area (TPSA) is 19.0 Å². The van der Waals surface area contributed by atoms with Crippen molar-refractivity contribution in [3.05, 3.63) is 77.5 Å². The van der Waals surface area contributed by atoms with E-state index in [4.69, 9.17) is 0 Å². The maximum absolute atomic E-state index is 3.61. The number of allylic oxidation sites excluding steroid dienone is 1.